The summed E-state index contributed by atoms with van der Waals surface area (Å²) in [5.74, 6) is -1.30. The van der Waals surface area contributed by atoms with Gasteiger partial charge in [-0.1, -0.05) is 6.07 Å². The van der Waals surface area contributed by atoms with Crippen LogP contribution >= 0.6 is 0 Å². The fraction of sp³-hybridized carbons (Fsp3) is 0.381. The van der Waals surface area contributed by atoms with Crippen LogP contribution in [0.1, 0.15) is 27.0 Å². The number of benzene rings is 2. The van der Waals surface area contributed by atoms with Crippen molar-refractivity contribution in [3.8, 4) is 11.5 Å². The summed E-state index contributed by atoms with van der Waals surface area (Å²) in [5, 5.41) is 0. The average Bonchev–Trinajstić information content (AvgIpc) is 2.73. The standard InChI is InChI=1S/C21H21F6NO6S/c1-32-7-6-28(12-13-4-5-17(33-2)18(8-13)34-35(3,30)31)19(29)14-9-15(20(22,23)24)11-16(10-14)21(25,26)27/h4-5,8-11H,6-7,12H2,1-3H3. The zero-order valence-corrected chi connectivity index (χ0v) is 19.5. The molecular weight excluding hydrogens is 508 g/mol. The molecule has 1 amide bonds. The van der Waals surface area contributed by atoms with E-state index in [2.05, 4.69) is 0 Å². The van der Waals surface area contributed by atoms with Crippen molar-refractivity contribution in [3.63, 3.8) is 0 Å². The third-order valence-electron chi connectivity index (χ3n) is 4.53. The van der Waals surface area contributed by atoms with Crippen LogP contribution in [0.2, 0.25) is 0 Å². The summed E-state index contributed by atoms with van der Waals surface area (Å²) in [6, 6.07) is 4.58. The topological polar surface area (TPSA) is 82.1 Å². The largest absolute Gasteiger partial charge is 0.493 e. The number of hydrogen-bond donors (Lipinski definition) is 0. The lowest BCUT2D eigenvalue weighted by Crippen LogP contribution is -2.34. The molecule has 0 aromatic heterocycles. The van der Waals surface area contributed by atoms with E-state index >= 15 is 0 Å². The summed E-state index contributed by atoms with van der Waals surface area (Å²) >= 11 is 0. The first-order valence-corrected chi connectivity index (χ1v) is 11.5. The number of halogens is 6. The molecule has 0 unspecified atom stereocenters. The molecule has 0 atom stereocenters. The highest BCUT2D eigenvalue weighted by Gasteiger charge is 2.38. The van der Waals surface area contributed by atoms with Crippen molar-refractivity contribution in [2.45, 2.75) is 18.9 Å². The zero-order valence-electron chi connectivity index (χ0n) is 18.7. The number of hydrogen-bond acceptors (Lipinski definition) is 6. The highest BCUT2D eigenvalue weighted by molar-refractivity contribution is 7.86. The van der Waals surface area contributed by atoms with Crippen LogP contribution in [-0.4, -0.2) is 52.9 Å². The Morgan fingerprint density at radius 2 is 1.49 bits per heavy atom. The lowest BCUT2D eigenvalue weighted by atomic mass is 10.0. The van der Waals surface area contributed by atoms with Crippen LogP contribution in [0.3, 0.4) is 0 Å². The van der Waals surface area contributed by atoms with E-state index in [-0.39, 0.29) is 42.8 Å². The van der Waals surface area contributed by atoms with Crippen LogP contribution in [-0.2, 0) is 33.8 Å². The van der Waals surface area contributed by atoms with Gasteiger partial charge in [0.05, 0.1) is 31.1 Å². The van der Waals surface area contributed by atoms with Crippen LogP contribution in [0.15, 0.2) is 36.4 Å². The van der Waals surface area contributed by atoms with Crippen molar-refractivity contribution in [1.29, 1.82) is 0 Å². The fourth-order valence-corrected chi connectivity index (χ4v) is 3.44. The van der Waals surface area contributed by atoms with Crippen molar-refractivity contribution in [2.24, 2.45) is 0 Å². The molecule has 2 aromatic carbocycles. The number of methoxy groups -OCH3 is 2. The third-order valence-corrected chi connectivity index (χ3v) is 5.01. The molecule has 194 valence electrons. The molecule has 2 aromatic rings. The fourth-order valence-electron chi connectivity index (χ4n) is 2.98. The number of ether oxygens (including phenoxy) is 2. The molecule has 0 aliphatic carbocycles. The minimum Gasteiger partial charge on any atom is -0.493 e. The Bertz CT molecular complexity index is 1130. The van der Waals surface area contributed by atoms with Gasteiger partial charge < -0.3 is 18.6 Å². The quantitative estimate of drug-likeness (QED) is 0.355. The van der Waals surface area contributed by atoms with Crippen molar-refractivity contribution >= 4 is 16.0 Å². The Labute approximate surface area is 197 Å². The average molecular weight is 529 g/mol. The number of carbonyl (C=O) groups excluding carboxylic acids is 1. The highest BCUT2D eigenvalue weighted by atomic mass is 32.2. The molecule has 0 bridgehead atoms. The van der Waals surface area contributed by atoms with Crippen LogP contribution in [0.4, 0.5) is 26.3 Å². The number of rotatable bonds is 9. The Morgan fingerprint density at radius 3 is 1.94 bits per heavy atom. The van der Waals surface area contributed by atoms with Gasteiger partial charge in [-0.15, -0.1) is 0 Å². The second kappa shape index (κ2) is 10.7. The Hall–Kier alpha value is -3.00. The van der Waals surface area contributed by atoms with Gasteiger partial charge in [0.1, 0.15) is 0 Å². The molecule has 0 heterocycles. The van der Waals surface area contributed by atoms with Crippen molar-refractivity contribution in [2.75, 3.05) is 33.6 Å². The molecule has 0 spiro atoms. The third kappa shape index (κ3) is 8.02. The molecular formula is C21H21F6NO6S. The molecule has 0 saturated heterocycles. The molecule has 0 radical (unpaired) electrons. The smallest absolute Gasteiger partial charge is 0.416 e. The lowest BCUT2D eigenvalue weighted by molar-refractivity contribution is -0.143. The maximum atomic E-state index is 13.2. The second-order valence-electron chi connectivity index (χ2n) is 7.29. The van der Waals surface area contributed by atoms with Gasteiger partial charge in [-0.25, -0.2) is 0 Å². The first kappa shape index (κ1) is 28.2. The predicted octanol–water partition coefficient (Wildman–Crippen LogP) is 4.36. The lowest BCUT2D eigenvalue weighted by Gasteiger charge is -2.24. The summed E-state index contributed by atoms with van der Waals surface area (Å²) in [4.78, 5) is 14.0. The normalized spacial score (nSPS) is 12.4. The summed E-state index contributed by atoms with van der Waals surface area (Å²) < 4.78 is 117. The minimum atomic E-state index is -5.12. The van der Waals surface area contributed by atoms with Gasteiger partial charge in [-0.3, -0.25) is 4.79 Å². The van der Waals surface area contributed by atoms with E-state index < -0.39 is 45.1 Å². The number of alkyl halides is 6. The Kier molecular flexibility index (Phi) is 8.65. The summed E-state index contributed by atoms with van der Waals surface area (Å²) in [6.07, 6.45) is -9.46. The van der Waals surface area contributed by atoms with Crippen molar-refractivity contribution in [3.05, 3.63) is 58.7 Å². The van der Waals surface area contributed by atoms with Crippen LogP contribution in [0.25, 0.3) is 0 Å². The summed E-state index contributed by atoms with van der Waals surface area (Å²) in [6.45, 7) is -0.592. The second-order valence-corrected chi connectivity index (χ2v) is 8.86. The van der Waals surface area contributed by atoms with Crippen LogP contribution in [0.5, 0.6) is 11.5 Å². The number of nitrogens with zero attached hydrogens (tertiary/aromatic N) is 1. The van der Waals surface area contributed by atoms with E-state index in [0.29, 0.717) is 12.1 Å². The van der Waals surface area contributed by atoms with Crippen molar-refractivity contribution in [1.82, 2.24) is 4.90 Å². The van der Waals surface area contributed by atoms with Gasteiger partial charge in [-0.05, 0) is 35.9 Å². The predicted molar refractivity (Wildman–Crippen MR) is 112 cm³/mol. The molecule has 35 heavy (non-hydrogen) atoms. The molecule has 0 aliphatic heterocycles. The molecule has 0 aliphatic rings. The highest BCUT2D eigenvalue weighted by Crippen LogP contribution is 2.37. The maximum absolute atomic E-state index is 13.2. The molecule has 0 N–H and O–H groups in total. The van der Waals surface area contributed by atoms with E-state index in [1.54, 1.807) is 0 Å². The molecule has 7 nitrogen and oxygen atoms in total. The number of amides is 1. The van der Waals surface area contributed by atoms with Gasteiger partial charge in [0.15, 0.2) is 11.5 Å². The van der Waals surface area contributed by atoms with Gasteiger partial charge in [-0.2, -0.15) is 34.8 Å². The SMILES string of the molecule is COCCN(Cc1ccc(OC)c(OS(C)(=O)=O)c1)C(=O)c1cc(C(F)(F)F)cc(C(F)(F)F)c1. The van der Waals surface area contributed by atoms with Gasteiger partial charge >= 0.3 is 22.5 Å². The van der Waals surface area contributed by atoms with Crippen LogP contribution in [0, 0.1) is 0 Å². The molecule has 14 heteroatoms. The first-order chi connectivity index (χ1) is 16.0. The maximum Gasteiger partial charge on any atom is 0.416 e. The van der Waals surface area contributed by atoms with Gasteiger partial charge in [0.2, 0.25) is 0 Å². The molecule has 0 saturated carbocycles. The molecule has 2 rings (SSSR count). The van der Waals surface area contributed by atoms with Gasteiger partial charge in [0, 0.05) is 25.8 Å². The number of carbonyl (C=O) groups is 1. The van der Waals surface area contributed by atoms with E-state index in [9.17, 15) is 39.6 Å². The summed E-state index contributed by atoms with van der Waals surface area (Å²) in [5.41, 5.74) is -3.83. The Morgan fingerprint density at radius 1 is 0.914 bits per heavy atom. The first-order valence-electron chi connectivity index (χ1n) is 9.69. The Balaban J connectivity index is 2.50. The van der Waals surface area contributed by atoms with E-state index in [1.807, 2.05) is 0 Å². The molecule has 0 fully saturated rings. The van der Waals surface area contributed by atoms with E-state index in [4.69, 9.17) is 13.7 Å². The van der Waals surface area contributed by atoms with Crippen LogP contribution < -0.4 is 8.92 Å². The van der Waals surface area contributed by atoms with E-state index in [1.165, 1.54) is 32.4 Å². The zero-order chi connectivity index (χ0) is 26.6. The monoisotopic (exact) mass is 529 g/mol. The minimum absolute atomic E-state index is 0.0432. The van der Waals surface area contributed by atoms with Crippen molar-refractivity contribution < 1.29 is 53.2 Å². The van der Waals surface area contributed by atoms with Gasteiger partial charge in [0.25, 0.3) is 5.91 Å². The van der Waals surface area contributed by atoms with E-state index in [0.717, 1.165) is 11.2 Å². The summed E-state index contributed by atoms with van der Waals surface area (Å²) in [7, 11) is -1.41.